The Hall–Kier alpha value is -0.570. The second-order valence-electron chi connectivity index (χ2n) is 4.21. The number of pyridine rings is 1. The van der Waals surface area contributed by atoms with E-state index < -0.39 is 0 Å². The summed E-state index contributed by atoms with van der Waals surface area (Å²) in [6, 6.07) is 1.98. The van der Waals surface area contributed by atoms with Crippen LogP contribution in [0.1, 0.15) is 31.2 Å². The maximum absolute atomic E-state index is 5.74. The summed E-state index contributed by atoms with van der Waals surface area (Å²) in [5, 5.41) is 0. The normalized spacial score (nSPS) is 16.9. The summed E-state index contributed by atoms with van der Waals surface area (Å²) < 4.78 is 6.73. The molecule has 0 atom stereocenters. The Morgan fingerprint density at radius 3 is 2.93 bits per heavy atom. The lowest BCUT2D eigenvalue weighted by molar-refractivity contribution is 0.242. The Balaban J connectivity index is 1.95. The van der Waals surface area contributed by atoms with Crippen molar-refractivity contribution in [2.75, 3.05) is 6.61 Å². The number of halogens is 1. The Kier molecular flexibility index (Phi) is 3.62. The lowest BCUT2D eigenvalue weighted by atomic mass is 10.1. The van der Waals surface area contributed by atoms with Crippen LogP contribution in [0.3, 0.4) is 0 Å². The number of rotatable bonds is 3. The van der Waals surface area contributed by atoms with Crippen molar-refractivity contribution < 1.29 is 4.74 Å². The van der Waals surface area contributed by atoms with Crippen molar-refractivity contribution in [1.29, 1.82) is 0 Å². The molecule has 1 saturated carbocycles. The van der Waals surface area contributed by atoms with E-state index in [1.165, 1.54) is 31.2 Å². The van der Waals surface area contributed by atoms with Crippen LogP contribution >= 0.6 is 15.9 Å². The van der Waals surface area contributed by atoms with Crippen LogP contribution in [0.4, 0.5) is 0 Å². The summed E-state index contributed by atoms with van der Waals surface area (Å²) in [7, 11) is 0. The summed E-state index contributed by atoms with van der Waals surface area (Å²) in [4.78, 5) is 4.23. The van der Waals surface area contributed by atoms with E-state index in [0.29, 0.717) is 0 Å². The molecule has 0 N–H and O–H groups in total. The molecule has 0 radical (unpaired) electrons. The van der Waals surface area contributed by atoms with Crippen molar-refractivity contribution >= 4 is 15.9 Å². The molecule has 0 amide bonds. The van der Waals surface area contributed by atoms with E-state index in [1.54, 1.807) is 6.20 Å². The van der Waals surface area contributed by atoms with Crippen LogP contribution in [0.5, 0.6) is 5.88 Å². The van der Waals surface area contributed by atoms with Crippen LogP contribution in [0.2, 0.25) is 0 Å². The van der Waals surface area contributed by atoms with Gasteiger partial charge < -0.3 is 4.74 Å². The molecular formula is C12H16BrNO. The fourth-order valence-corrected chi connectivity index (χ4v) is 2.34. The molecule has 0 aromatic carbocycles. The molecule has 1 aliphatic rings. The maximum atomic E-state index is 5.74. The van der Waals surface area contributed by atoms with E-state index in [-0.39, 0.29) is 0 Å². The van der Waals surface area contributed by atoms with Gasteiger partial charge in [-0.3, -0.25) is 0 Å². The van der Waals surface area contributed by atoms with Crippen LogP contribution in [0.15, 0.2) is 16.7 Å². The van der Waals surface area contributed by atoms with Gasteiger partial charge in [-0.25, -0.2) is 4.98 Å². The van der Waals surface area contributed by atoms with Crippen molar-refractivity contribution in [3.63, 3.8) is 0 Å². The highest BCUT2D eigenvalue weighted by Crippen LogP contribution is 2.28. The third-order valence-electron chi connectivity index (χ3n) is 2.98. The lowest BCUT2D eigenvalue weighted by Crippen LogP contribution is -2.09. The van der Waals surface area contributed by atoms with Crippen LogP contribution in [-0.2, 0) is 0 Å². The van der Waals surface area contributed by atoms with E-state index in [1.807, 2.05) is 13.0 Å². The minimum absolute atomic E-state index is 0.735. The second kappa shape index (κ2) is 4.97. The summed E-state index contributed by atoms with van der Waals surface area (Å²) in [6.45, 7) is 2.86. The first-order valence-corrected chi connectivity index (χ1v) is 6.30. The molecule has 0 bridgehead atoms. The molecule has 15 heavy (non-hydrogen) atoms. The van der Waals surface area contributed by atoms with Crippen LogP contribution in [0.25, 0.3) is 0 Å². The molecule has 0 saturated heterocycles. The summed E-state index contributed by atoms with van der Waals surface area (Å²) >= 11 is 3.50. The quantitative estimate of drug-likeness (QED) is 0.835. The van der Waals surface area contributed by atoms with Gasteiger partial charge in [-0.1, -0.05) is 12.8 Å². The highest BCUT2D eigenvalue weighted by molar-refractivity contribution is 9.10. The predicted molar refractivity (Wildman–Crippen MR) is 64.1 cm³/mol. The highest BCUT2D eigenvalue weighted by atomic mass is 79.9. The van der Waals surface area contributed by atoms with Gasteiger partial charge in [-0.15, -0.1) is 0 Å². The fraction of sp³-hybridized carbons (Fsp3) is 0.583. The van der Waals surface area contributed by atoms with E-state index in [9.17, 15) is 0 Å². The topological polar surface area (TPSA) is 22.1 Å². The number of aryl methyl sites for hydroxylation is 1. The summed E-state index contributed by atoms with van der Waals surface area (Å²) in [5.74, 6) is 1.47. The summed E-state index contributed by atoms with van der Waals surface area (Å²) in [5.41, 5.74) is 1.17. The number of aromatic nitrogens is 1. The van der Waals surface area contributed by atoms with Gasteiger partial charge in [0.2, 0.25) is 5.88 Å². The number of hydrogen-bond donors (Lipinski definition) is 0. The van der Waals surface area contributed by atoms with Gasteiger partial charge in [-0.05, 0) is 53.2 Å². The van der Waals surface area contributed by atoms with E-state index in [0.717, 1.165) is 22.9 Å². The molecule has 3 heteroatoms. The summed E-state index contributed by atoms with van der Waals surface area (Å²) in [6.07, 6.45) is 7.13. The van der Waals surface area contributed by atoms with Gasteiger partial charge in [0.15, 0.2) is 0 Å². The van der Waals surface area contributed by atoms with Gasteiger partial charge in [-0.2, -0.15) is 0 Å². The van der Waals surface area contributed by atoms with Crippen molar-refractivity contribution in [3.05, 3.63) is 22.3 Å². The van der Waals surface area contributed by atoms with Crippen LogP contribution < -0.4 is 4.74 Å². The molecule has 0 spiro atoms. The highest BCUT2D eigenvalue weighted by Gasteiger charge is 2.16. The lowest BCUT2D eigenvalue weighted by Gasteiger charge is -2.12. The average Bonchev–Trinajstić information content (AvgIpc) is 2.73. The van der Waals surface area contributed by atoms with Gasteiger partial charge in [0.1, 0.15) is 0 Å². The first kappa shape index (κ1) is 10.9. The Morgan fingerprint density at radius 1 is 1.47 bits per heavy atom. The molecule has 1 heterocycles. The smallest absolute Gasteiger partial charge is 0.228 e. The second-order valence-corrected chi connectivity index (χ2v) is 5.00. The minimum Gasteiger partial charge on any atom is -0.477 e. The molecule has 1 aromatic heterocycles. The molecule has 0 unspecified atom stereocenters. The largest absolute Gasteiger partial charge is 0.477 e. The monoisotopic (exact) mass is 269 g/mol. The number of nitrogens with zero attached hydrogens (tertiary/aromatic N) is 1. The molecule has 1 aromatic rings. The third-order valence-corrected chi connectivity index (χ3v) is 3.95. The Bertz CT molecular complexity index is 334. The molecule has 82 valence electrons. The number of ether oxygens (including phenoxy) is 1. The third kappa shape index (κ3) is 2.71. The fourth-order valence-electron chi connectivity index (χ4n) is 1.99. The average molecular weight is 270 g/mol. The van der Waals surface area contributed by atoms with Gasteiger partial charge in [0.25, 0.3) is 0 Å². The Labute approximate surface area is 99.2 Å². The zero-order chi connectivity index (χ0) is 10.7. The van der Waals surface area contributed by atoms with Gasteiger partial charge >= 0.3 is 0 Å². The zero-order valence-corrected chi connectivity index (χ0v) is 10.6. The van der Waals surface area contributed by atoms with Crippen LogP contribution in [-0.4, -0.2) is 11.6 Å². The van der Waals surface area contributed by atoms with Crippen molar-refractivity contribution in [3.8, 4) is 5.88 Å². The standard InChI is InChI=1S/C12H16BrNO/c1-9-6-7-14-12(11(9)13)15-8-10-4-2-3-5-10/h6-7,10H,2-5,8H2,1H3. The first-order valence-electron chi connectivity index (χ1n) is 5.51. The molecule has 1 fully saturated rings. The molecule has 1 aliphatic carbocycles. The number of hydrogen-bond acceptors (Lipinski definition) is 2. The van der Waals surface area contributed by atoms with E-state index >= 15 is 0 Å². The molecule has 2 rings (SSSR count). The molecular weight excluding hydrogens is 254 g/mol. The molecule has 0 aliphatic heterocycles. The first-order chi connectivity index (χ1) is 7.27. The van der Waals surface area contributed by atoms with Gasteiger partial charge in [0, 0.05) is 6.20 Å². The molecule has 2 nitrogen and oxygen atoms in total. The predicted octanol–water partition coefficient (Wildman–Crippen LogP) is 3.72. The van der Waals surface area contributed by atoms with Crippen molar-refractivity contribution in [2.45, 2.75) is 32.6 Å². The SMILES string of the molecule is Cc1ccnc(OCC2CCCC2)c1Br. The van der Waals surface area contributed by atoms with Crippen molar-refractivity contribution in [1.82, 2.24) is 4.98 Å². The van der Waals surface area contributed by atoms with Gasteiger partial charge in [0.05, 0.1) is 11.1 Å². The van der Waals surface area contributed by atoms with E-state index in [2.05, 4.69) is 20.9 Å². The minimum atomic E-state index is 0.735. The van der Waals surface area contributed by atoms with E-state index in [4.69, 9.17) is 4.74 Å². The zero-order valence-electron chi connectivity index (χ0n) is 9.00. The maximum Gasteiger partial charge on any atom is 0.228 e. The van der Waals surface area contributed by atoms with Crippen LogP contribution in [0, 0.1) is 12.8 Å². The Morgan fingerprint density at radius 2 is 2.20 bits per heavy atom. The van der Waals surface area contributed by atoms with Crippen molar-refractivity contribution in [2.24, 2.45) is 5.92 Å².